The van der Waals surface area contributed by atoms with Crippen molar-refractivity contribution in [3.8, 4) is 5.75 Å². The van der Waals surface area contributed by atoms with Crippen LogP contribution in [0.25, 0.3) is 0 Å². The summed E-state index contributed by atoms with van der Waals surface area (Å²) in [5, 5.41) is 2.46. The molecular formula is C19H23F2N3O6S2. The zero-order chi connectivity index (χ0) is 24.1. The number of carbonyl (C=O) groups excluding carboxylic acids is 1. The molecule has 0 heterocycles. The minimum Gasteiger partial charge on any atom is -0.492 e. The van der Waals surface area contributed by atoms with E-state index < -0.39 is 44.1 Å². The summed E-state index contributed by atoms with van der Waals surface area (Å²) in [6.07, 6.45) is 0.838. The van der Waals surface area contributed by atoms with Crippen molar-refractivity contribution in [2.45, 2.75) is 4.90 Å². The molecule has 176 valence electrons. The Balaban J connectivity index is 1.91. The highest BCUT2D eigenvalue weighted by atomic mass is 32.2. The summed E-state index contributed by atoms with van der Waals surface area (Å²) in [7, 11) is -4.66. The first kappa shape index (κ1) is 25.5. The second-order valence-electron chi connectivity index (χ2n) is 6.83. The van der Waals surface area contributed by atoms with Gasteiger partial charge in [0.05, 0.1) is 23.4 Å². The molecule has 2 aromatic rings. The molecule has 9 nitrogen and oxygen atoms in total. The molecule has 0 saturated carbocycles. The molecule has 0 aromatic heterocycles. The Labute approximate surface area is 185 Å². The topological polar surface area (TPSA) is 113 Å². The van der Waals surface area contributed by atoms with Gasteiger partial charge in [-0.15, -0.1) is 0 Å². The van der Waals surface area contributed by atoms with Crippen LogP contribution >= 0.6 is 0 Å². The summed E-state index contributed by atoms with van der Waals surface area (Å²) in [5.41, 5.74) is -0.189. The Morgan fingerprint density at radius 1 is 1.00 bits per heavy atom. The van der Waals surface area contributed by atoms with E-state index in [1.165, 1.54) is 38.4 Å². The molecule has 32 heavy (non-hydrogen) atoms. The Bertz CT molecular complexity index is 1170. The molecule has 2 aromatic carbocycles. The first-order chi connectivity index (χ1) is 14.8. The fraction of sp³-hybridized carbons (Fsp3) is 0.316. The lowest BCUT2D eigenvalue weighted by molar-refractivity contribution is -0.119. The maximum atomic E-state index is 13.5. The molecule has 1 N–H and O–H groups in total. The number of nitrogens with zero attached hydrogens (tertiary/aromatic N) is 2. The number of anilines is 1. The average molecular weight is 492 g/mol. The predicted molar refractivity (Wildman–Crippen MR) is 114 cm³/mol. The lowest BCUT2D eigenvalue weighted by Crippen LogP contribution is -2.41. The van der Waals surface area contributed by atoms with E-state index in [4.69, 9.17) is 4.74 Å². The van der Waals surface area contributed by atoms with Gasteiger partial charge in [0, 0.05) is 20.2 Å². The fourth-order valence-electron chi connectivity index (χ4n) is 2.50. The van der Waals surface area contributed by atoms with E-state index in [2.05, 4.69) is 5.32 Å². The van der Waals surface area contributed by atoms with Gasteiger partial charge in [0.2, 0.25) is 26.0 Å². The first-order valence-corrected chi connectivity index (χ1v) is 12.5. The standard InChI is InChI=1S/C19H23F2N3O6S2/c1-23(2)32(28,29)16-7-5-15(6-8-16)30-11-10-22-19(25)13-24(31(3,26)27)14-4-9-17(20)18(21)12-14/h4-9,12H,10-11,13H2,1-3H3,(H,22,25). The summed E-state index contributed by atoms with van der Waals surface area (Å²) in [4.78, 5) is 12.2. The number of amides is 1. The first-order valence-electron chi connectivity index (χ1n) is 9.17. The van der Waals surface area contributed by atoms with Crippen LogP contribution in [-0.2, 0) is 24.8 Å². The number of hydrogen-bond acceptors (Lipinski definition) is 6. The minimum atomic E-state index is -3.94. The van der Waals surface area contributed by atoms with Gasteiger partial charge in [-0.1, -0.05) is 0 Å². The number of nitrogens with one attached hydrogen (secondary N) is 1. The zero-order valence-electron chi connectivity index (χ0n) is 17.6. The molecule has 0 spiro atoms. The number of hydrogen-bond donors (Lipinski definition) is 1. The van der Waals surface area contributed by atoms with Crippen LogP contribution in [0.4, 0.5) is 14.5 Å². The van der Waals surface area contributed by atoms with Gasteiger partial charge >= 0.3 is 0 Å². The highest BCUT2D eigenvalue weighted by molar-refractivity contribution is 7.92. The van der Waals surface area contributed by atoms with Crippen molar-refractivity contribution in [3.05, 3.63) is 54.1 Å². The Kier molecular flexibility index (Phi) is 8.15. The molecule has 0 aliphatic carbocycles. The quantitative estimate of drug-likeness (QED) is 0.500. The summed E-state index contributed by atoms with van der Waals surface area (Å²) in [6, 6.07) is 8.20. The van der Waals surface area contributed by atoms with E-state index in [0.717, 1.165) is 22.7 Å². The molecule has 13 heteroatoms. The van der Waals surface area contributed by atoms with Gasteiger partial charge in [0.25, 0.3) is 0 Å². The molecule has 0 unspecified atom stereocenters. The van der Waals surface area contributed by atoms with Gasteiger partial charge < -0.3 is 10.1 Å². The van der Waals surface area contributed by atoms with Gasteiger partial charge in [-0.05, 0) is 36.4 Å². The molecule has 0 atom stereocenters. The molecule has 1 amide bonds. The molecule has 2 rings (SSSR count). The van der Waals surface area contributed by atoms with E-state index in [9.17, 15) is 30.4 Å². The second kappa shape index (κ2) is 10.2. The van der Waals surface area contributed by atoms with Crippen LogP contribution < -0.4 is 14.4 Å². The van der Waals surface area contributed by atoms with Gasteiger partial charge in [-0.25, -0.2) is 29.9 Å². The molecule has 0 fully saturated rings. The molecule has 0 bridgehead atoms. The van der Waals surface area contributed by atoms with E-state index >= 15 is 0 Å². The monoisotopic (exact) mass is 491 g/mol. The highest BCUT2D eigenvalue weighted by Crippen LogP contribution is 2.20. The van der Waals surface area contributed by atoms with Crippen LogP contribution in [0.3, 0.4) is 0 Å². The van der Waals surface area contributed by atoms with Crippen molar-refractivity contribution >= 4 is 31.6 Å². The van der Waals surface area contributed by atoms with Crippen molar-refractivity contribution in [2.75, 3.05) is 44.4 Å². The van der Waals surface area contributed by atoms with Crippen LogP contribution in [0.1, 0.15) is 0 Å². The number of benzene rings is 2. The third-order valence-corrected chi connectivity index (χ3v) is 7.14. The average Bonchev–Trinajstić information content (AvgIpc) is 2.71. The van der Waals surface area contributed by atoms with Crippen LogP contribution in [0.5, 0.6) is 5.75 Å². The summed E-state index contributed by atoms with van der Waals surface area (Å²) in [5.74, 6) is -2.70. The normalized spacial score (nSPS) is 11.9. The Morgan fingerprint density at radius 3 is 2.16 bits per heavy atom. The molecule has 0 saturated heterocycles. The van der Waals surface area contributed by atoms with Crippen LogP contribution in [0.2, 0.25) is 0 Å². The number of halogens is 2. The third-order valence-electron chi connectivity index (χ3n) is 4.17. The smallest absolute Gasteiger partial charge is 0.242 e. The molecule has 0 aliphatic heterocycles. The number of rotatable bonds is 10. The summed E-state index contributed by atoms with van der Waals surface area (Å²) in [6.45, 7) is -0.595. The van der Waals surface area contributed by atoms with Crippen LogP contribution in [-0.4, -0.2) is 67.1 Å². The summed E-state index contributed by atoms with van der Waals surface area (Å²) < 4.78 is 81.7. The number of carbonyl (C=O) groups is 1. The number of sulfonamides is 2. The largest absolute Gasteiger partial charge is 0.492 e. The lowest BCUT2D eigenvalue weighted by Gasteiger charge is -2.22. The maximum absolute atomic E-state index is 13.5. The Hall–Kier alpha value is -2.77. The van der Waals surface area contributed by atoms with Crippen molar-refractivity contribution < 1.29 is 35.1 Å². The van der Waals surface area contributed by atoms with Crippen molar-refractivity contribution in [1.82, 2.24) is 9.62 Å². The maximum Gasteiger partial charge on any atom is 0.242 e. The van der Waals surface area contributed by atoms with E-state index in [1.54, 1.807) is 0 Å². The van der Waals surface area contributed by atoms with E-state index in [0.29, 0.717) is 16.1 Å². The van der Waals surface area contributed by atoms with E-state index in [1.807, 2.05) is 0 Å². The van der Waals surface area contributed by atoms with Gasteiger partial charge in [-0.3, -0.25) is 9.10 Å². The van der Waals surface area contributed by atoms with Gasteiger partial charge in [0.15, 0.2) is 11.6 Å². The van der Waals surface area contributed by atoms with Crippen LogP contribution in [0.15, 0.2) is 47.4 Å². The molecule has 0 radical (unpaired) electrons. The number of ether oxygens (including phenoxy) is 1. The van der Waals surface area contributed by atoms with Gasteiger partial charge in [0.1, 0.15) is 18.9 Å². The second-order valence-corrected chi connectivity index (χ2v) is 10.9. The SMILES string of the molecule is CN(C)S(=O)(=O)c1ccc(OCCNC(=O)CN(c2ccc(F)c(F)c2)S(C)(=O)=O)cc1. The zero-order valence-corrected chi connectivity index (χ0v) is 19.2. The Morgan fingerprint density at radius 2 is 1.62 bits per heavy atom. The van der Waals surface area contributed by atoms with E-state index in [-0.39, 0.29) is 23.7 Å². The van der Waals surface area contributed by atoms with Gasteiger partial charge in [-0.2, -0.15) is 0 Å². The van der Waals surface area contributed by atoms with Crippen molar-refractivity contribution in [3.63, 3.8) is 0 Å². The minimum absolute atomic E-state index is 0.0198. The highest BCUT2D eigenvalue weighted by Gasteiger charge is 2.22. The predicted octanol–water partition coefficient (Wildman–Crippen LogP) is 1.18. The molecular weight excluding hydrogens is 468 g/mol. The summed E-state index contributed by atoms with van der Waals surface area (Å²) >= 11 is 0. The lowest BCUT2D eigenvalue weighted by atomic mass is 10.3. The fourth-order valence-corrected chi connectivity index (χ4v) is 4.25. The van der Waals surface area contributed by atoms with Crippen LogP contribution in [0, 0.1) is 11.6 Å². The molecule has 0 aliphatic rings. The van der Waals surface area contributed by atoms with Crippen molar-refractivity contribution in [2.24, 2.45) is 0 Å². The van der Waals surface area contributed by atoms with Crippen molar-refractivity contribution in [1.29, 1.82) is 0 Å². The third kappa shape index (κ3) is 6.61.